The van der Waals surface area contributed by atoms with Crippen LogP contribution < -0.4 is 10.1 Å². The highest BCUT2D eigenvalue weighted by molar-refractivity contribution is 5.94. The number of nitrogens with one attached hydrogen (secondary N) is 1. The van der Waals surface area contributed by atoms with Crippen LogP contribution in [0.2, 0.25) is 0 Å². The van der Waals surface area contributed by atoms with E-state index in [1.165, 1.54) is 21.0 Å². The van der Waals surface area contributed by atoms with Gasteiger partial charge in [-0.3, -0.25) is 14.4 Å². The second-order valence-corrected chi connectivity index (χ2v) is 4.79. The van der Waals surface area contributed by atoms with Crippen molar-refractivity contribution in [2.75, 3.05) is 13.7 Å². The zero-order valence-corrected chi connectivity index (χ0v) is 13.3. The highest BCUT2D eigenvalue weighted by atomic mass is 16.5. The van der Waals surface area contributed by atoms with Crippen molar-refractivity contribution in [3.8, 4) is 5.75 Å². The zero-order valence-electron chi connectivity index (χ0n) is 13.3. The first kappa shape index (κ1) is 17.7. The zero-order chi connectivity index (χ0) is 16.7. The molecule has 0 saturated carbocycles. The van der Waals surface area contributed by atoms with E-state index >= 15 is 0 Å². The Balaban J connectivity index is 2.80. The highest BCUT2D eigenvalue weighted by Crippen LogP contribution is 2.21. The quantitative estimate of drug-likeness (QED) is 0.610. The predicted molar refractivity (Wildman–Crippen MR) is 80.9 cm³/mol. The van der Waals surface area contributed by atoms with Crippen LogP contribution in [0.15, 0.2) is 18.2 Å². The standard InChI is InChI=1S/C16H21NO5/c1-5-17-16(20)11(3)22-15(19)9-13-8-12(10(2)18)6-7-14(13)21-4/h6-8,11H,5,9H2,1-4H3,(H,17,20)/t11-/m1/s1. The van der Waals surface area contributed by atoms with Gasteiger partial charge in [-0.1, -0.05) is 0 Å². The Bertz CT molecular complexity index is 568. The smallest absolute Gasteiger partial charge is 0.311 e. The van der Waals surface area contributed by atoms with Crippen molar-refractivity contribution >= 4 is 17.7 Å². The molecule has 1 rings (SSSR count). The van der Waals surface area contributed by atoms with Crippen molar-refractivity contribution in [1.82, 2.24) is 5.32 Å². The lowest BCUT2D eigenvalue weighted by Gasteiger charge is -2.14. The summed E-state index contributed by atoms with van der Waals surface area (Å²) in [6.45, 7) is 5.20. The molecule has 6 nitrogen and oxygen atoms in total. The number of amides is 1. The van der Waals surface area contributed by atoms with Crippen molar-refractivity contribution in [3.63, 3.8) is 0 Å². The van der Waals surface area contributed by atoms with Gasteiger partial charge in [0.05, 0.1) is 13.5 Å². The number of hydrogen-bond acceptors (Lipinski definition) is 5. The third kappa shape index (κ3) is 4.87. The molecule has 1 N–H and O–H groups in total. The number of carbonyl (C=O) groups is 3. The van der Waals surface area contributed by atoms with Crippen molar-refractivity contribution in [1.29, 1.82) is 0 Å². The number of carbonyl (C=O) groups excluding carboxylic acids is 3. The molecule has 0 spiro atoms. The van der Waals surface area contributed by atoms with E-state index in [0.29, 0.717) is 23.4 Å². The molecule has 0 radical (unpaired) electrons. The van der Waals surface area contributed by atoms with Crippen LogP contribution in [0.3, 0.4) is 0 Å². The van der Waals surface area contributed by atoms with E-state index < -0.39 is 12.1 Å². The van der Waals surface area contributed by atoms with Crippen LogP contribution in [0.25, 0.3) is 0 Å². The van der Waals surface area contributed by atoms with E-state index in [0.717, 1.165) is 0 Å². The van der Waals surface area contributed by atoms with Gasteiger partial charge in [0.2, 0.25) is 0 Å². The number of ketones is 1. The van der Waals surface area contributed by atoms with Gasteiger partial charge in [-0.05, 0) is 39.0 Å². The first-order chi connectivity index (χ1) is 10.4. The summed E-state index contributed by atoms with van der Waals surface area (Å²) < 4.78 is 10.3. The lowest BCUT2D eigenvalue weighted by molar-refractivity contribution is -0.154. The third-order valence-corrected chi connectivity index (χ3v) is 3.05. The molecule has 0 unspecified atom stereocenters. The Labute approximate surface area is 129 Å². The number of Topliss-reactive ketones (excluding diaryl/α,β-unsaturated/α-hetero) is 1. The number of methoxy groups -OCH3 is 1. The van der Waals surface area contributed by atoms with Gasteiger partial charge in [-0.25, -0.2) is 0 Å². The van der Waals surface area contributed by atoms with Crippen LogP contribution in [0, 0.1) is 0 Å². The fourth-order valence-corrected chi connectivity index (χ4v) is 1.90. The molecule has 0 fully saturated rings. The molecule has 0 aliphatic carbocycles. The molecule has 1 aromatic carbocycles. The summed E-state index contributed by atoms with van der Waals surface area (Å²) in [5, 5.41) is 2.58. The molecule has 1 aromatic rings. The van der Waals surface area contributed by atoms with E-state index in [2.05, 4.69) is 5.32 Å². The number of ether oxygens (including phenoxy) is 2. The summed E-state index contributed by atoms with van der Waals surface area (Å²) in [5.41, 5.74) is 1.03. The van der Waals surface area contributed by atoms with Crippen molar-refractivity contribution in [3.05, 3.63) is 29.3 Å². The molecule has 6 heteroatoms. The molecule has 0 aromatic heterocycles. The van der Waals surface area contributed by atoms with E-state index in [1.54, 1.807) is 25.1 Å². The van der Waals surface area contributed by atoms with E-state index in [1.807, 2.05) is 0 Å². The minimum absolute atomic E-state index is 0.0754. The van der Waals surface area contributed by atoms with Crippen LogP contribution in [0.5, 0.6) is 5.75 Å². The van der Waals surface area contributed by atoms with Gasteiger partial charge in [0.25, 0.3) is 5.91 Å². The number of hydrogen-bond donors (Lipinski definition) is 1. The second-order valence-electron chi connectivity index (χ2n) is 4.79. The van der Waals surface area contributed by atoms with Gasteiger partial charge in [-0.15, -0.1) is 0 Å². The molecule has 0 bridgehead atoms. The van der Waals surface area contributed by atoms with Gasteiger partial charge in [0.1, 0.15) is 5.75 Å². The largest absolute Gasteiger partial charge is 0.496 e. The minimum Gasteiger partial charge on any atom is -0.496 e. The molecule has 120 valence electrons. The Hall–Kier alpha value is -2.37. The topological polar surface area (TPSA) is 81.7 Å². The average Bonchev–Trinajstić information content (AvgIpc) is 2.47. The van der Waals surface area contributed by atoms with Crippen LogP contribution in [-0.4, -0.2) is 37.4 Å². The molecule has 1 atom stereocenters. The van der Waals surface area contributed by atoms with E-state index in [9.17, 15) is 14.4 Å². The molecule has 22 heavy (non-hydrogen) atoms. The van der Waals surface area contributed by atoms with Gasteiger partial charge < -0.3 is 14.8 Å². The summed E-state index contributed by atoms with van der Waals surface area (Å²) in [6, 6.07) is 4.86. The SMILES string of the molecule is CCNC(=O)[C@@H](C)OC(=O)Cc1cc(C(C)=O)ccc1OC. The Kier molecular flexibility index (Phi) is 6.56. The van der Waals surface area contributed by atoms with Crippen molar-refractivity contribution < 1.29 is 23.9 Å². The summed E-state index contributed by atoms with van der Waals surface area (Å²) in [7, 11) is 1.48. The maximum atomic E-state index is 11.9. The van der Waals surface area contributed by atoms with E-state index in [4.69, 9.17) is 9.47 Å². The average molecular weight is 307 g/mol. The Morgan fingerprint density at radius 3 is 2.50 bits per heavy atom. The second kappa shape index (κ2) is 8.17. The van der Waals surface area contributed by atoms with E-state index in [-0.39, 0.29) is 18.1 Å². The predicted octanol–water partition coefficient (Wildman–Crippen LogP) is 1.51. The summed E-state index contributed by atoms with van der Waals surface area (Å²) in [6.07, 6.45) is -0.942. The highest BCUT2D eigenvalue weighted by Gasteiger charge is 2.19. The molecule has 0 aliphatic heterocycles. The Morgan fingerprint density at radius 1 is 1.27 bits per heavy atom. The molecule has 0 saturated heterocycles. The fraction of sp³-hybridized carbons (Fsp3) is 0.438. The molecule has 0 aliphatic rings. The van der Waals surface area contributed by atoms with Gasteiger partial charge >= 0.3 is 5.97 Å². The summed E-state index contributed by atoms with van der Waals surface area (Å²) in [4.78, 5) is 34.9. The number of likely N-dealkylation sites (N-methyl/N-ethyl adjacent to an activating group) is 1. The summed E-state index contributed by atoms with van der Waals surface area (Å²) >= 11 is 0. The first-order valence-corrected chi connectivity index (χ1v) is 7.04. The number of benzene rings is 1. The lowest BCUT2D eigenvalue weighted by atomic mass is 10.0. The maximum Gasteiger partial charge on any atom is 0.311 e. The summed E-state index contributed by atoms with van der Waals surface area (Å²) in [5.74, 6) is -0.515. The van der Waals surface area contributed by atoms with Crippen LogP contribution in [-0.2, 0) is 20.7 Å². The molecular weight excluding hydrogens is 286 g/mol. The molecule has 0 heterocycles. The third-order valence-electron chi connectivity index (χ3n) is 3.05. The van der Waals surface area contributed by atoms with Crippen LogP contribution >= 0.6 is 0 Å². The monoisotopic (exact) mass is 307 g/mol. The molecule has 1 amide bonds. The first-order valence-electron chi connectivity index (χ1n) is 7.04. The van der Waals surface area contributed by atoms with Gasteiger partial charge in [-0.2, -0.15) is 0 Å². The van der Waals surface area contributed by atoms with Crippen molar-refractivity contribution in [2.24, 2.45) is 0 Å². The number of esters is 1. The number of rotatable bonds is 7. The normalized spacial score (nSPS) is 11.5. The fourth-order valence-electron chi connectivity index (χ4n) is 1.90. The lowest BCUT2D eigenvalue weighted by Crippen LogP contribution is -2.35. The van der Waals surface area contributed by atoms with Crippen LogP contribution in [0.4, 0.5) is 0 Å². The van der Waals surface area contributed by atoms with Gasteiger partial charge in [0.15, 0.2) is 11.9 Å². The van der Waals surface area contributed by atoms with Gasteiger partial charge in [0, 0.05) is 17.7 Å². The minimum atomic E-state index is -0.866. The van der Waals surface area contributed by atoms with Crippen LogP contribution in [0.1, 0.15) is 36.7 Å². The van der Waals surface area contributed by atoms with Crippen molar-refractivity contribution in [2.45, 2.75) is 33.3 Å². The Morgan fingerprint density at radius 2 is 1.95 bits per heavy atom. The molecular formula is C16H21NO5. The maximum absolute atomic E-state index is 11.9.